The van der Waals surface area contributed by atoms with E-state index in [0.29, 0.717) is 17.1 Å². The number of rotatable bonds is 5. The molecule has 0 radical (unpaired) electrons. The standard InChI is InChI=1S/C16H15NO4/c1-19-14-9-8-12(10-15(14)20-2)11-17-21-16(18)13-6-4-3-5-7-13/h3-11H,1-2H3. The molecule has 0 aliphatic carbocycles. The number of carbonyl (C=O) groups is 1. The predicted octanol–water partition coefficient (Wildman–Crippen LogP) is 2.89. The lowest BCUT2D eigenvalue weighted by Gasteiger charge is -2.07. The van der Waals surface area contributed by atoms with Gasteiger partial charge in [-0.3, -0.25) is 0 Å². The van der Waals surface area contributed by atoms with Gasteiger partial charge >= 0.3 is 5.97 Å². The molecule has 2 rings (SSSR count). The Hall–Kier alpha value is -2.82. The van der Waals surface area contributed by atoms with Crippen molar-refractivity contribution in [3.63, 3.8) is 0 Å². The second-order valence-electron chi connectivity index (χ2n) is 4.09. The average Bonchev–Trinajstić information content (AvgIpc) is 2.55. The molecule has 108 valence electrons. The number of oxime groups is 1. The average molecular weight is 285 g/mol. The first kappa shape index (κ1) is 14.6. The van der Waals surface area contributed by atoms with Gasteiger partial charge in [-0.1, -0.05) is 23.4 Å². The van der Waals surface area contributed by atoms with Crippen LogP contribution in [0.2, 0.25) is 0 Å². The summed E-state index contributed by atoms with van der Waals surface area (Å²) < 4.78 is 10.3. The van der Waals surface area contributed by atoms with Crippen molar-refractivity contribution in [1.29, 1.82) is 0 Å². The molecule has 0 amide bonds. The molecule has 0 aliphatic heterocycles. The Morgan fingerprint density at radius 2 is 1.71 bits per heavy atom. The van der Waals surface area contributed by atoms with Crippen molar-refractivity contribution in [2.75, 3.05) is 14.2 Å². The Bertz CT molecular complexity index is 638. The summed E-state index contributed by atoms with van der Waals surface area (Å²) in [5.74, 6) is 0.694. The zero-order valence-corrected chi connectivity index (χ0v) is 11.8. The van der Waals surface area contributed by atoms with Gasteiger partial charge in [0, 0.05) is 5.56 Å². The zero-order chi connectivity index (χ0) is 15.1. The molecule has 0 spiro atoms. The van der Waals surface area contributed by atoms with Gasteiger partial charge in [-0.2, -0.15) is 0 Å². The molecular weight excluding hydrogens is 270 g/mol. The highest BCUT2D eigenvalue weighted by atomic mass is 16.7. The van der Waals surface area contributed by atoms with Crippen molar-refractivity contribution in [2.24, 2.45) is 5.16 Å². The van der Waals surface area contributed by atoms with Crippen LogP contribution in [0.5, 0.6) is 11.5 Å². The van der Waals surface area contributed by atoms with E-state index >= 15 is 0 Å². The first-order valence-corrected chi connectivity index (χ1v) is 6.26. The van der Waals surface area contributed by atoms with Crippen molar-refractivity contribution >= 4 is 12.2 Å². The van der Waals surface area contributed by atoms with Gasteiger partial charge in [0.05, 0.1) is 26.0 Å². The van der Waals surface area contributed by atoms with E-state index in [0.717, 1.165) is 5.56 Å². The van der Waals surface area contributed by atoms with Crippen LogP contribution in [0.15, 0.2) is 53.7 Å². The van der Waals surface area contributed by atoms with Gasteiger partial charge in [-0.05, 0) is 30.3 Å². The summed E-state index contributed by atoms with van der Waals surface area (Å²) >= 11 is 0. The SMILES string of the molecule is COc1ccc(C=NOC(=O)c2ccccc2)cc1OC. The maximum Gasteiger partial charge on any atom is 0.365 e. The zero-order valence-electron chi connectivity index (χ0n) is 11.8. The minimum absolute atomic E-state index is 0.446. The minimum atomic E-state index is -0.507. The van der Waals surface area contributed by atoms with Crippen molar-refractivity contribution in [1.82, 2.24) is 0 Å². The van der Waals surface area contributed by atoms with E-state index in [1.807, 2.05) is 6.07 Å². The molecule has 0 heterocycles. The van der Waals surface area contributed by atoms with E-state index in [4.69, 9.17) is 14.3 Å². The summed E-state index contributed by atoms with van der Waals surface area (Å²) in [6.07, 6.45) is 1.43. The van der Waals surface area contributed by atoms with Crippen LogP contribution in [-0.2, 0) is 4.84 Å². The third kappa shape index (κ3) is 3.82. The van der Waals surface area contributed by atoms with Crippen LogP contribution in [0.3, 0.4) is 0 Å². The summed E-state index contributed by atoms with van der Waals surface area (Å²) in [4.78, 5) is 16.5. The van der Waals surface area contributed by atoms with Gasteiger partial charge < -0.3 is 14.3 Å². The third-order valence-corrected chi connectivity index (χ3v) is 2.75. The van der Waals surface area contributed by atoms with Crippen LogP contribution in [0.1, 0.15) is 15.9 Å². The molecule has 21 heavy (non-hydrogen) atoms. The van der Waals surface area contributed by atoms with Gasteiger partial charge in [0.25, 0.3) is 0 Å². The highest BCUT2D eigenvalue weighted by Gasteiger charge is 2.06. The van der Waals surface area contributed by atoms with Crippen LogP contribution in [0, 0.1) is 0 Å². The first-order chi connectivity index (χ1) is 10.2. The van der Waals surface area contributed by atoms with Crippen LogP contribution in [0.4, 0.5) is 0 Å². The first-order valence-electron chi connectivity index (χ1n) is 6.26. The predicted molar refractivity (Wildman–Crippen MR) is 79.0 cm³/mol. The number of carbonyl (C=O) groups excluding carboxylic acids is 1. The summed E-state index contributed by atoms with van der Waals surface area (Å²) in [5, 5.41) is 3.68. The van der Waals surface area contributed by atoms with Crippen LogP contribution in [-0.4, -0.2) is 26.4 Å². The maximum atomic E-state index is 11.7. The molecule has 0 saturated heterocycles. The lowest BCUT2D eigenvalue weighted by Crippen LogP contribution is -2.00. The molecule has 0 unspecified atom stereocenters. The summed E-state index contributed by atoms with van der Waals surface area (Å²) in [5.41, 5.74) is 1.18. The monoisotopic (exact) mass is 285 g/mol. The molecule has 5 heteroatoms. The number of benzene rings is 2. The Morgan fingerprint density at radius 1 is 1.00 bits per heavy atom. The smallest absolute Gasteiger partial charge is 0.365 e. The van der Waals surface area contributed by atoms with E-state index in [1.165, 1.54) is 6.21 Å². The summed E-state index contributed by atoms with van der Waals surface area (Å²) in [6, 6.07) is 13.9. The molecule has 5 nitrogen and oxygen atoms in total. The van der Waals surface area contributed by atoms with Gasteiger partial charge in [0.1, 0.15) is 0 Å². The summed E-state index contributed by atoms with van der Waals surface area (Å²) in [7, 11) is 3.11. The van der Waals surface area contributed by atoms with Gasteiger partial charge in [0.15, 0.2) is 11.5 Å². The van der Waals surface area contributed by atoms with E-state index < -0.39 is 5.97 Å². The van der Waals surface area contributed by atoms with Crippen molar-refractivity contribution in [2.45, 2.75) is 0 Å². The summed E-state index contributed by atoms with van der Waals surface area (Å²) in [6.45, 7) is 0. The number of ether oxygens (including phenoxy) is 2. The number of hydrogen-bond donors (Lipinski definition) is 0. The molecule has 2 aromatic rings. The fourth-order valence-electron chi connectivity index (χ4n) is 1.70. The van der Waals surface area contributed by atoms with Crippen molar-refractivity contribution in [3.05, 3.63) is 59.7 Å². The van der Waals surface area contributed by atoms with Gasteiger partial charge in [-0.25, -0.2) is 4.79 Å². The van der Waals surface area contributed by atoms with E-state index in [-0.39, 0.29) is 0 Å². The quantitative estimate of drug-likeness (QED) is 0.481. The molecule has 0 aromatic heterocycles. The van der Waals surface area contributed by atoms with Crippen molar-refractivity contribution < 1.29 is 19.1 Å². The Morgan fingerprint density at radius 3 is 2.38 bits per heavy atom. The van der Waals surface area contributed by atoms with E-state index in [9.17, 15) is 4.79 Å². The molecule has 2 aromatic carbocycles. The van der Waals surface area contributed by atoms with Crippen LogP contribution < -0.4 is 9.47 Å². The number of methoxy groups -OCH3 is 2. The molecule has 0 bridgehead atoms. The van der Waals surface area contributed by atoms with Crippen molar-refractivity contribution in [3.8, 4) is 11.5 Å². The molecule has 0 fully saturated rings. The normalized spacial score (nSPS) is 10.4. The third-order valence-electron chi connectivity index (χ3n) is 2.75. The van der Waals surface area contributed by atoms with Crippen LogP contribution >= 0.6 is 0 Å². The fourth-order valence-corrected chi connectivity index (χ4v) is 1.70. The Balaban J connectivity index is 2.03. The molecular formula is C16H15NO4. The lowest BCUT2D eigenvalue weighted by molar-refractivity contribution is 0.0519. The fraction of sp³-hybridized carbons (Fsp3) is 0.125. The highest BCUT2D eigenvalue weighted by molar-refractivity contribution is 5.90. The van der Waals surface area contributed by atoms with E-state index in [2.05, 4.69) is 5.16 Å². The lowest BCUT2D eigenvalue weighted by atomic mass is 10.2. The second kappa shape index (κ2) is 7.09. The number of hydrogen-bond acceptors (Lipinski definition) is 5. The topological polar surface area (TPSA) is 57.1 Å². The largest absolute Gasteiger partial charge is 0.493 e. The molecule has 0 atom stereocenters. The second-order valence-corrected chi connectivity index (χ2v) is 4.09. The van der Waals surface area contributed by atoms with Gasteiger partial charge in [-0.15, -0.1) is 0 Å². The van der Waals surface area contributed by atoms with Crippen LogP contribution in [0.25, 0.3) is 0 Å². The highest BCUT2D eigenvalue weighted by Crippen LogP contribution is 2.26. The Kier molecular flexibility index (Phi) is 4.93. The minimum Gasteiger partial charge on any atom is -0.493 e. The molecule has 0 N–H and O–H groups in total. The molecule has 0 saturated carbocycles. The Labute approximate surface area is 122 Å². The maximum absolute atomic E-state index is 11.7. The number of nitrogens with zero attached hydrogens (tertiary/aromatic N) is 1. The van der Waals surface area contributed by atoms with Gasteiger partial charge in [0.2, 0.25) is 0 Å². The van der Waals surface area contributed by atoms with E-state index in [1.54, 1.807) is 56.7 Å². The molecule has 0 aliphatic rings.